The Morgan fingerprint density at radius 1 is 1.25 bits per heavy atom. The van der Waals surface area contributed by atoms with Crippen LogP contribution in [-0.4, -0.2) is 30.3 Å². The lowest BCUT2D eigenvalue weighted by atomic mass is 10.1. The van der Waals surface area contributed by atoms with Crippen LogP contribution in [-0.2, 0) is 4.74 Å². The van der Waals surface area contributed by atoms with E-state index < -0.39 is 0 Å². The van der Waals surface area contributed by atoms with E-state index in [4.69, 9.17) is 9.47 Å². The number of ether oxygens (including phenoxy) is 2. The van der Waals surface area contributed by atoms with E-state index in [1.165, 1.54) is 0 Å². The molecule has 5 nitrogen and oxygen atoms in total. The van der Waals surface area contributed by atoms with Gasteiger partial charge in [0.15, 0.2) is 6.10 Å². The number of rotatable bonds is 4. The fourth-order valence-electron chi connectivity index (χ4n) is 2.02. The van der Waals surface area contributed by atoms with E-state index in [0.29, 0.717) is 13.2 Å². The smallest absolute Gasteiger partial charge is 0.407 e. The highest BCUT2D eigenvalue weighted by Crippen LogP contribution is 2.23. The first-order chi connectivity index (χ1) is 9.81. The van der Waals surface area contributed by atoms with Crippen molar-refractivity contribution in [2.75, 3.05) is 13.2 Å². The molecule has 1 aromatic carbocycles. The van der Waals surface area contributed by atoms with Crippen molar-refractivity contribution in [3.8, 4) is 16.9 Å². The third-order valence-corrected chi connectivity index (χ3v) is 3.03. The maximum absolute atomic E-state index is 10.9. The molecule has 1 atom stereocenters. The van der Waals surface area contributed by atoms with Crippen LogP contribution in [0.4, 0.5) is 4.79 Å². The lowest BCUT2D eigenvalue weighted by Gasteiger charge is -2.11. The molecule has 102 valence electrons. The molecule has 2 heterocycles. The summed E-state index contributed by atoms with van der Waals surface area (Å²) in [6, 6.07) is 11.7. The van der Waals surface area contributed by atoms with E-state index in [-0.39, 0.29) is 12.2 Å². The molecule has 1 aliphatic rings. The number of benzene rings is 1. The fraction of sp³-hybridized carbons (Fsp3) is 0.200. The molecule has 1 fully saturated rings. The summed E-state index contributed by atoms with van der Waals surface area (Å²) < 4.78 is 10.7. The Balaban J connectivity index is 1.67. The summed E-state index contributed by atoms with van der Waals surface area (Å²) in [7, 11) is 0. The summed E-state index contributed by atoms with van der Waals surface area (Å²) in [6.45, 7) is 0.835. The predicted octanol–water partition coefficient (Wildman–Crippen LogP) is 2.24. The van der Waals surface area contributed by atoms with Gasteiger partial charge in [0.05, 0.1) is 6.54 Å². The summed E-state index contributed by atoms with van der Waals surface area (Å²) >= 11 is 0. The second-order valence-corrected chi connectivity index (χ2v) is 4.48. The van der Waals surface area contributed by atoms with Gasteiger partial charge < -0.3 is 14.8 Å². The third-order valence-electron chi connectivity index (χ3n) is 3.03. The van der Waals surface area contributed by atoms with Gasteiger partial charge in [-0.25, -0.2) is 4.79 Å². The quantitative estimate of drug-likeness (QED) is 0.925. The Morgan fingerprint density at radius 2 is 2.10 bits per heavy atom. The van der Waals surface area contributed by atoms with E-state index in [0.717, 1.165) is 16.9 Å². The van der Waals surface area contributed by atoms with Crippen molar-refractivity contribution in [3.05, 3.63) is 48.8 Å². The van der Waals surface area contributed by atoms with Crippen LogP contribution in [0, 0.1) is 0 Å². The zero-order chi connectivity index (χ0) is 13.8. The first-order valence-electron chi connectivity index (χ1n) is 6.39. The maximum Gasteiger partial charge on any atom is 0.407 e. The van der Waals surface area contributed by atoms with Crippen LogP contribution >= 0.6 is 0 Å². The highest BCUT2D eigenvalue weighted by atomic mass is 16.6. The monoisotopic (exact) mass is 270 g/mol. The maximum atomic E-state index is 10.9. The number of amides is 1. The second-order valence-electron chi connectivity index (χ2n) is 4.48. The van der Waals surface area contributed by atoms with E-state index in [1.54, 1.807) is 12.4 Å². The lowest BCUT2D eigenvalue weighted by molar-refractivity contribution is 0.105. The molecule has 0 saturated carbocycles. The molecular formula is C15H14N2O3. The number of pyridine rings is 1. The van der Waals surface area contributed by atoms with Crippen LogP contribution in [0.2, 0.25) is 0 Å². The normalized spacial score (nSPS) is 17.4. The largest absolute Gasteiger partial charge is 0.490 e. The van der Waals surface area contributed by atoms with Gasteiger partial charge in [0, 0.05) is 12.4 Å². The molecule has 3 rings (SSSR count). The molecule has 0 spiro atoms. The number of nitrogens with one attached hydrogen (secondary N) is 1. The van der Waals surface area contributed by atoms with Crippen molar-refractivity contribution in [2.45, 2.75) is 6.10 Å². The van der Waals surface area contributed by atoms with Gasteiger partial charge >= 0.3 is 6.09 Å². The number of nitrogens with zero attached hydrogens (tertiary/aromatic N) is 1. The Morgan fingerprint density at radius 3 is 2.85 bits per heavy atom. The van der Waals surface area contributed by atoms with Crippen molar-refractivity contribution >= 4 is 6.09 Å². The Labute approximate surface area is 116 Å². The van der Waals surface area contributed by atoms with Crippen molar-refractivity contribution in [3.63, 3.8) is 0 Å². The molecule has 1 aromatic heterocycles. The number of carbonyl (C=O) groups is 1. The third kappa shape index (κ3) is 2.88. The van der Waals surface area contributed by atoms with Crippen LogP contribution < -0.4 is 10.1 Å². The minimum atomic E-state index is -0.385. The minimum absolute atomic E-state index is 0.230. The summed E-state index contributed by atoms with van der Waals surface area (Å²) in [5, 5.41) is 2.59. The summed E-state index contributed by atoms with van der Waals surface area (Å²) in [5.41, 5.74) is 2.14. The zero-order valence-electron chi connectivity index (χ0n) is 10.8. The van der Waals surface area contributed by atoms with Crippen LogP contribution in [0.15, 0.2) is 48.8 Å². The molecule has 0 bridgehead atoms. The molecule has 1 aliphatic heterocycles. The molecule has 5 heteroatoms. The highest BCUT2D eigenvalue weighted by molar-refractivity contribution is 5.69. The van der Waals surface area contributed by atoms with Crippen LogP contribution in [0.5, 0.6) is 5.75 Å². The van der Waals surface area contributed by atoms with Gasteiger partial charge in [-0.2, -0.15) is 0 Å². The van der Waals surface area contributed by atoms with Crippen LogP contribution in [0.1, 0.15) is 0 Å². The molecule has 1 unspecified atom stereocenters. The SMILES string of the molecule is O=C1NCC(COc2cccc(-c3ccncc3)c2)O1. The van der Waals surface area contributed by atoms with Crippen molar-refractivity contribution in [2.24, 2.45) is 0 Å². The lowest BCUT2D eigenvalue weighted by Crippen LogP contribution is -2.21. The summed E-state index contributed by atoms with van der Waals surface area (Å²) in [4.78, 5) is 14.9. The van der Waals surface area contributed by atoms with Gasteiger partial charge in [0.1, 0.15) is 12.4 Å². The van der Waals surface area contributed by atoms with E-state index in [2.05, 4.69) is 10.3 Å². The van der Waals surface area contributed by atoms with E-state index in [9.17, 15) is 4.79 Å². The van der Waals surface area contributed by atoms with Gasteiger partial charge in [-0.1, -0.05) is 12.1 Å². The first-order valence-corrected chi connectivity index (χ1v) is 6.39. The molecule has 1 saturated heterocycles. The van der Waals surface area contributed by atoms with Crippen molar-refractivity contribution < 1.29 is 14.3 Å². The van der Waals surface area contributed by atoms with Gasteiger partial charge in [-0.15, -0.1) is 0 Å². The Bertz CT molecular complexity index is 601. The van der Waals surface area contributed by atoms with Crippen molar-refractivity contribution in [1.29, 1.82) is 0 Å². The molecular weight excluding hydrogens is 256 g/mol. The number of hydrogen-bond donors (Lipinski definition) is 1. The zero-order valence-corrected chi connectivity index (χ0v) is 10.8. The summed E-state index contributed by atoms with van der Waals surface area (Å²) in [6.07, 6.45) is 2.90. The van der Waals surface area contributed by atoms with Gasteiger partial charge in [-0.05, 0) is 35.4 Å². The van der Waals surface area contributed by atoms with E-state index in [1.807, 2.05) is 36.4 Å². The van der Waals surface area contributed by atoms with E-state index >= 15 is 0 Å². The molecule has 1 N–H and O–H groups in total. The summed E-state index contributed by atoms with van der Waals surface area (Å²) in [5.74, 6) is 0.752. The average molecular weight is 270 g/mol. The Hall–Kier alpha value is -2.56. The van der Waals surface area contributed by atoms with Gasteiger partial charge in [0.2, 0.25) is 0 Å². The van der Waals surface area contributed by atoms with Gasteiger partial charge in [0.25, 0.3) is 0 Å². The second kappa shape index (κ2) is 5.61. The van der Waals surface area contributed by atoms with Gasteiger partial charge in [-0.3, -0.25) is 4.98 Å². The van der Waals surface area contributed by atoms with Crippen LogP contribution in [0.25, 0.3) is 11.1 Å². The molecule has 0 radical (unpaired) electrons. The topological polar surface area (TPSA) is 60.5 Å². The number of hydrogen-bond acceptors (Lipinski definition) is 4. The molecule has 1 amide bonds. The highest BCUT2D eigenvalue weighted by Gasteiger charge is 2.22. The molecule has 0 aliphatic carbocycles. The number of cyclic esters (lactones) is 1. The average Bonchev–Trinajstić information content (AvgIpc) is 2.92. The van der Waals surface area contributed by atoms with Crippen LogP contribution in [0.3, 0.4) is 0 Å². The predicted molar refractivity (Wildman–Crippen MR) is 73.4 cm³/mol. The minimum Gasteiger partial charge on any atom is -0.490 e. The number of carbonyl (C=O) groups excluding carboxylic acids is 1. The fourth-order valence-corrected chi connectivity index (χ4v) is 2.02. The van der Waals surface area contributed by atoms with Crippen molar-refractivity contribution in [1.82, 2.24) is 10.3 Å². The Kier molecular flexibility index (Phi) is 3.50. The molecule has 2 aromatic rings. The molecule has 20 heavy (non-hydrogen) atoms. The first kappa shape index (κ1) is 12.5. The number of alkyl carbamates (subject to hydrolysis) is 1. The standard InChI is InChI=1S/C15H14N2O3/c18-15-17-9-14(20-15)10-19-13-3-1-2-12(8-13)11-4-6-16-7-5-11/h1-8,14H,9-10H2,(H,17,18). The number of aromatic nitrogens is 1.